The number of nitrogens with zero attached hydrogens (tertiary/aromatic N) is 3. The molecule has 0 bridgehead atoms. The Hall–Kier alpha value is -3.10. The van der Waals surface area contributed by atoms with Crippen molar-refractivity contribution < 1.29 is 19.4 Å². The average molecular weight is 474 g/mol. The molecule has 7 heteroatoms. The molecule has 0 radical (unpaired) electrons. The molecule has 0 spiro atoms. The van der Waals surface area contributed by atoms with Crippen LogP contribution in [0.5, 0.6) is 0 Å². The van der Waals surface area contributed by atoms with E-state index in [2.05, 4.69) is 9.80 Å². The zero-order valence-electron chi connectivity index (χ0n) is 19.8. The minimum absolute atomic E-state index is 0.212. The second-order valence-corrected chi connectivity index (χ2v) is 9.27. The predicted molar refractivity (Wildman–Crippen MR) is 134 cm³/mol. The van der Waals surface area contributed by atoms with Crippen molar-refractivity contribution in [1.82, 2.24) is 14.7 Å². The van der Waals surface area contributed by atoms with Crippen LogP contribution in [0.4, 0.5) is 0 Å². The number of aliphatic hydroxyl groups excluding tert-OH is 1. The van der Waals surface area contributed by atoms with Crippen molar-refractivity contribution in [2.45, 2.75) is 12.7 Å². The molecule has 5 rings (SSSR count). The molecule has 1 unspecified atom stereocenters. The second kappa shape index (κ2) is 10.7. The summed E-state index contributed by atoms with van der Waals surface area (Å²) in [6.45, 7) is 5.73. The van der Waals surface area contributed by atoms with Crippen molar-refractivity contribution in [1.29, 1.82) is 0 Å². The molecule has 2 aliphatic heterocycles. The SMILES string of the molecule is O=C1c2cccc3cccc(c23)C(=O)N1CCN1CCN(CC(O)COCc2ccccc2)CC1. The Morgan fingerprint density at radius 2 is 1.40 bits per heavy atom. The van der Waals surface area contributed by atoms with Crippen molar-refractivity contribution in [3.63, 3.8) is 0 Å². The van der Waals surface area contributed by atoms with Crippen LogP contribution in [0, 0.1) is 0 Å². The third kappa shape index (κ3) is 5.28. The maximum atomic E-state index is 13.1. The highest BCUT2D eigenvalue weighted by atomic mass is 16.5. The number of carbonyl (C=O) groups excluding carboxylic acids is 2. The largest absolute Gasteiger partial charge is 0.389 e. The van der Waals surface area contributed by atoms with Gasteiger partial charge < -0.3 is 9.84 Å². The van der Waals surface area contributed by atoms with E-state index in [0.717, 1.165) is 42.5 Å². The highest BCUT2D eigenvalue weighted by molar-refractivity contribution is 6.25. The zero-order chi connectivity index (χ0) is 24.2. The normalized spacial score (nSPS) is 17.8. The summed E-state index contributed by atoms with van der Waals surface area (Å²) in [5.74, 6) is -0.423. The second-order valence-electron chi connectivity index (χ2n) is 9.27. The maximum Gasteiger partial charge on any atom is 0.261 e. The van der Waals surface area contributed by atoms with E-state index in [-0.39, 0.29) is 11.8 Å². The molecule has 0 aliphatic carbocycles. The lowest BCUT2D eigenvalue weighted by Gasteiger charge is -2.36. The van der Waals surface area contributed by atoms with Crippen LogP contribution in [0.2, 0.25) is 0 Å². The lowest BCUT2D eigenvalue weighted by molar-refractivity contribution is 0.000963. The van der Waals surface area contributed by atoms with E-state index in [1.54, 1.807) is 12.1 Å². The summed E-state index contributed by atoms with van der Waals surface area (Å²) in [5.41, 5.74) is 2.30. The predicted octanol–water partition coefficient (Wildman–Crippen LogP) is 2.63. The number of imide groups is 1. The molecule has 3 aromatic rings. The van der Waals surface area contributed by atoms with Crippen molar-refractivity contribution in [2.75, 3.05) is 52.4 Å². The van der Waals surface area contributed by atoms with Gasteiger partial charge in [-0.2, -0.15) is 0 Å². The van der Waals surface area contributed by atoms with Gasteiger partial charge in [-0.25, -0.2) is 0 Å². The number of aliphatic hydroxyl groups is 1. The number of rotatable bonds is 9. The Kier molecular flexibility index (Phi) is 7.20. The molecule has 182 valence electrons. The van der Waals surface area contributed by atoms with Crippen molar-refractivity contribution in [3.8, 4) is 0 Å². The molecule has 0 saturated carbocycles. The molecule has 1 fully saturated rings. The molecule has 1 atom stereocenters. The van der Waals surface area contributed by atoms with E-state index in [1.165, 1.54) is 4.90 Å². The number of ether oxygens (including phenoxy) is 1. The molecule has 35 heavy (non-hydrogen) atoms. The third-order valence-corrected chi connectivity index (χ3v) is 6.85. The first kappa shape index (κ1) is 23.6. The Labute approximate surface area is 205 Å². The first-order chi connectivity index (χ1) is 17.1. The van der Waals surface area contributed by atoms with Crippen LogP contribution in [-0.2, 0) is 11.3 Å². The van der Waals surface area contributed by atoms with Crippen LogP contribution in [0.25, 0.3) is 10.8 Å². The van der Waals surface area contributed by atoms with Gasteiger partial charge in [0.25, 0.3) is 11.8 Å². The summed E-state index contributed by atoms with van der Waals surface area (Å²) in [5, 5.41) is 12.0. The van der Waals surface area contributed by atoms with E-state index < -0.39 is 6.10 Å². The standard InChI is InChI=1S/C28H31N3O4/c32-23(20-35-19-21-6-2-1-3-7-21)18-30-14-12-29(13-15-30)16-17-31-27(33)24-10-4-8-22-9-5-11-25(26(22)24)28(31)34/h1-11,23,32H,12-20H2. The van der Waals surface area contributed by atoms with Crippen LogP contribution in [-0.4, -0.2) is 90.1 Å². The van der Waals surface area contributed by atoms with E-state index in [4.69, 9.17) is 4.74 Å². The van der Waals surface area contributed by atoms with Gasteiger partial charge in [0.1, 0.15) is 0 Å². The summed E-state index contributed by atoms with van der Waals surface area (Å²) in [4.78, 5) is 32.0. The molecule has 7 nitrogen and oxygen atoms in total. The smallest absolute Gasteiger partial charge is 0.261 e. The summed E-state index contributed by atoms with van der Waals surface area (Å²) in [7, 11) is 0. The van der Waals surface area contributed by atoms with Gasteiger partial charge in [-0.3, -0.25) is 24.3 Å². The Balaban J connectivity index is 1.07. The number of amides is 2. The number of β-amino-alcohol motifs (C(OH)–C–C–N with tert-alkyl or cyclic N) is 1. The van der Waals surface area contributed by atoms with E-state index in [1.807, 2.05) is 54.6 Å². The molecule has 2 amide bonds. The first-order valence-electron chi connectivity index (χ1n) is 12.2. The van der Waals surface area contributed by atoms with Gasteiger partial charge in [-0.1, -0.05) is 54.6 Å². The maximum absolute atomic E-state index is 13.1. The van der Waals surface area contributed by atoms with Crippen LogP contribution < -0.4 is 0 Å². The minimum atomic E-state index is -0.531. The van der Waals surface area contributed by atoms with Crippen LogP contribution in [0.1, 0.15) is 26.3 Å². The fourth-order valence-electron chi connectivity index (χ4n) is 4.96. The highest BCUT2D eigenvalue weighted by Crippen LogP contribution is 2.29. The van der Waals surface area contributed by atoms with Crippen LogP contribution in [0.15, 0.2) is 66.7 Å². The Morgan fingerprint density at radius 1 is 0.771 bits per heavy atom. The Bertz CT molecular complexity index is 1140. The van der Waals surface area contributed by atoms with Gasteiger partial charge in [-0.15, -0.1) is 0 Å². The molecule has 2 aliphatic rings. The van der Waals surface area contributed by atoms with Gasteiger partial charge in [0.2, 0.25) is 0 Å². The summed E-state index contributed by atoms with van der Waals surface area (Å²) < 4.78 is 5.66. The van der Waals surface area contributed by atoms with Gasteiger partial charge in [-0.05, 0) is 23.1 Å². The lowest BCUT2D eigenvalue weighted by Crippen LogP contribution is -2.51. The Morgan fingerprint density at radius 3 is 2.06 bits per heavy atom. The van der Waals surface area contributed by atoms with Crippen LogP contribution >= 0.6 is 0 Å². The van der Waals surface area contributed by atoms with Crippen molar-refractivity contribution in [2.24, 2.45) is 0 Å². The molecular weight excluding hydrogens is 442 g/mol. The number of hydrogen-bond acceptors (Lipinski definition) is 6. The number of hydrogen-bond donors (Lipinski definition) is 1. The van der Waals surface area contributed by atoms with E-state index in [0.29, 0.717) is 44.0 Å². The average Bonchev–Trinajstić information content (AvgIpc) is 2.88. The number of carbonyl (C=O) groups is 2. The molecule has 3 aromatic carbocycles. The molecular formula is C28H31N3O4. The first-order valence-corrected chi connectivity index (χ1v) is 12.2. The molecule has 1 saturated heterocycles. The van der Waals surface area contributed by atoms with E-state index in [9.17, 15) is 14.7 Å². The third-order valence-electron chi connectivity index (χ3n) is 6.85. The number of piperazine rings is 1. The lowest BCUT2D eigenvalue weighted by atomic mass is 9.94. The topological polar surface area (TPSA) is 73.3 Å². The van der Waals surface area contributed by atoms with Gasteiger partial charge in [0.15, 0.2) is 0 Å². The van der Waals surface area contributed by atoms with Crippen molar-refractivity contribution >= 4 is 22.6 Å². The monoisotopic (exact) mass is 473 g/mol. The fraction of sp³-hybridized carbons (Fsp3) is 0.357. The summed E-state index contributed by atoms with van der Waals surface area (Å²) in [6.07, 6.45) is -0.531. The fourth-order valence-corrected chi connectivity index (χ4v) is 4.96. The molecule has 0 aromatic heterocycles. The van der Waals surface area contributed by atoms with Gasteiger partial charge >= 0.3 is 0 Å². The minimum Gasteiger partial charge on any atom is -0.389 e. The quantitative estimate of drug-likeness (QED) is 0.482. The summed E-state index contributed by atoms with van der Waals surface area (Å²) in [6, 6.07) is 21.2. The number of benzene rings is 3. The molecule has 1 N–H and O–H groups in total. The van der Waals surface area contributed by atoms with E-state index >= 15 is 0 Å². The zero-order valence-corrected chi connectivity index (χ0v) is 19.8. The summed E-state index contributed by atoms with van der Waals surface area (Å²) >= 11 is 0. The van der Waals surface area contributed by atoms with Crippen molar-refractivity contribution in [3.05, 3.63) is 83.4 Å². The molecule has 2 heterocycles. The van der Waals surface area contributed by atoms with Gasteiger partial charge in [0, 0.05) is 62.3 Å². The van der Waals surface area contributed by atoms with Crippen LogP contribution in [0.3, 0.4) is 0 Å². The highest BCUT2D eigenvalue weighted by Gasteiger charge is 2.32. The van der Waals surface area contributed by atoms with Gasteiger partial charge in [0.05, 0.1) is 19.3 Å².